The molecule has 0 unspecified atom stereocenters. The van der Waals surface area contributed by atoms with Gasteiger partial charge < -0.3 is 15.5 Å². The molecular formula is C20H24N8O. The van der Waals surface area contributed by atoms with Crippen molar-refractivity contribution < 1.29 is 4.79 Å². The molecule has 1 fully saturated rings. The summed E-state index contributed by atoms with van der Waals surface area (Å²) >= 11 is 0. The lowest BCUT2D eigenvalue weighted by molar-refractivity contribution is 0.257. The van der Waals surface area contributed by atoms with E-state index >= 15 is 0 Å². The first kappa shape index (κ1) is 17.9. The summed E-state index contributed by atoms with van der Waals surface area (Å²) in [4.78, 5) is 25.9. The predicted molar refractivity (Wildman–Crippen MR) is 112 cm³/mol. The Morgan fingerprint density at radius 3 is 3.07 bits per heavy atom. The molecule has 9 nitrogen and oxygen atoms in total. The largest absolute Gasteiger partial charge is 0.368 e. The number of pyridine rings is 2. The van der Waals surface area contributed by atoms with Gasteiger partial charge in [0.1, 0.15) is 12.1 Å². The lowest BCUT2D eigenvalue weighted by Gasteiger charge is -2.34. The maximum Gasteiger partial charge on any atom is 0.327 e. The van der Waals surface area contributed by atoms with Gasteiger partial charge in [-0.15, -0.1) is 0 Å². The molecule has 150 valence electrons. The Morgan fingerprint density at radius 1 is 1.31 bits per heavy atom. The van der Waals surface area contributed by atoms with Gasteiger partial charge in [-0.1, -0.05) is 0 Å². The van der Waals surface area contributed by atoms with Crippen LogP contribution in [0.25, 0.3) is 5.65 Å². The number of rotatable bonds is 2. The first-order valence-corrected chi connectivity index (χ1v) is 9.95. The van der Waals surface area contributed by atoms with Gasteiger partial charge in [0, 0.05) is 49.7 Å². The summed E-state index contributed by atoms with van der Waals surface area (Å²) in [7, 11) is 0. The smallest absolute Gasteiger partial charge is 0.327 e. The van der Waals surface area contributed by atoms with Gasteiger partial charge in [-0.3, -0.25) is 4.90 Å². The Kier molecular flexibility index (Phi) is 4.31. The molecule has 0 aliphatic carbocycles. The number of aromatic nitrogens is 4. The van der Waals surface area contributed by atoms with E-state index in [9.17, 15) is 4.79 Å². The van der Waals surface area contributed by atoms with Gasteiger partial charge in [0.25, 0.3) is 0 Å². The molecule has 0 spiro atoms. The van der Waals surface area contributed by atoms with Gasteiger partial charge in [0.05, 0.1) is 11.9 Å². The van der Waals surface area contributed by atoms with E-state index in [1.54, 1.807) is 21.8 Å². The third kappa shape index (κ3) is 3.17. The Bertz CT molecular complexity index is 1080. The van der Waals surface area contributed by atoms with Crippen molar-refractivity contribution >= 4 is 28.9 Å². The first-order chi connectivity index (χ1) is 14.1. The number of aryl methyl sites for hydroxylation is 1. The van der Waals surface area contributed by atoms with Gasteiger partial charge in [0.15, 0.2) is 5.65 Å². The molecule has 9 heteroatoms. The molecule has 2 aliphatic heterocycles. The van der Waals surface area contributed by atoms with Crippen LogP contribution in [-0.4, -0.2) is 57.8 Å². The number of piperazine rings is 1. The van der Waals surface area contributed by atoms with E-state index in [2.05, 4.69) is 43.6 Å². The van der Waals surface area contributed by atoms with Gasteiger partial charge in [-0.25, -0.2) is 19.3 Å². The number of anilines is 3. The molecule has 0 aromatic carbocycles. The number of carbonyl (C=O) groups excluding carboxylic acids is 1. The minimum Gasteiger partial charge on any atom is -0.368 e. The van der Waals surface area contributed by atoms with Gasteiger partial charge in [0.2, 0.25) is 0 Å². The molecule has 5 rings (SSSR count). The summed E-state index contributed by atoms with van der Waals surface area (Å²) in [6.07, 6.45) is 5.91. The second-order valence-corrected chi connectivity index (χ2v) is 7.70. The molecular weight excluding hydrogens is 368 g/mol. The van der Waals surface area contributed by atoms with E-state index in [4.69, 9.17) is 0 Å². The molecule has 2 amide bonds. The van der Waals surface area contributed by atoms with E-state index in [0.29, 0.717) is 18.3 Å². The third-order valence-corrected chi connectivity index (χ3v) is 5.67. The maximum absolute atomic E-state index is 13.0. The van der Waals surface area contributed by atoms with E-state index in [1.807, 2.05) is 13.0 Å². The minimum absolute atomic E-state index is 0.176. The molecule has 5 heterocycles. The number of nitrogens with zero attached hydrogens (tertiary/aromatic N) is 6. The van der Waals surface area contributed by atoms with Crippen molar-refractivity contribution in [1.29, 1.82) is 0 Å². The second-order valence-electron chi connectivity index (χ2n) is 7.70. The molecule has 0 radical (unpaired) electrons. The van der Waals surface area contributed by atoms with E-state index in [-0.39, 0.29) is 6.03 Å². The summed E-state index contributed by atoms with van der Waals surface area (Å²) in [6, 6.07) is 4.25. The number of hydrogen-bond donors (Lipinski definition) is 2. The highest BCUT2D eigenvalue weighted by atomic mass is 16.2. The standard InChI is InChI=1S/C20H24N8O/c1-13-9-18-23-12-24-28(18)11-16(13)25-20(29)27-7-4-15-17(3-5-22-19(15)27)26-8-6-21-14(2)10-26/h3,5,9,11-12,14,21H,4,6-8,10H2,1-2H3,(H,25,29)/t14-/m0/s1. The lowest BCUT2D eigenvalue weighted by atomic mass is 10.1. The fourth-order valence-corrected chi connectivity index (χ4v) is 4.19. The topological polar surface area (TPSA) is 90.7 Å². The normalized spacial score (nSPS) is 18.9. The van der Waals surface area contributed by atoms with Crippen LogP contribution in [0.1, 0.15) is 18.1 Å². The van der Waals surface area contributed by atoms with Crippen LogP contribution in [0.2, 0.25) is 0 Å². The molecule has 1 saturated heterocycles. The molecule has 2 N–H and O–H groups in total. The highest BCUT2D eigenvalue weighted by Crippen LogP contribution is 2.34. The van der Waals surface area contributed by atoms with Crippen LogP contribution in [0.4, 0.5) is 22.0 Å². The maximum atomic E-state index is 13.0. The molecule has 0 bridgehead atoms. The number of urea groups is 1. The SMILES string of the molecule is Cc1cc2ncnn2cc1NC(=O)N1CCc2c(N3CCN[C@@H](C)C3)ccnc21. The second kappa shape index (κ2) is 7.00. The Hall–Kier alpha value is -3.20. The summed E-state index contributed by atoms with van der Waals surface area (Å²) in [5.41, 5.74) is 4.76. The highest BCUT2D eigenvalue weighted by molar-refractivity contribution is 6.03. The number of carbonyl (C=O) groups is 1. The molecule has 3 aromatic rings. The number of hydrogen-bond acceptors (Lipinski definition) is 6. The molecule has 29 heavy (non-hydrogen) atoms. The summed E-state index contributed by atoms with van der Waals surface area (Å²) in [6.45, 7) is 7.65. The van der Waals surface area contributed by atoms with E-state index in [0.717, 1.165) is 48.6 Å². The zero-order valence-electron chi connectivity index (χ0n) is 16.6. The molecule has 2 aliphatic rings. The van der Waals surface area contributed by atoms with Crippen molar-refractivity contribution in [3.63, 3.8) is 0 Å². The Balaban J connectivity index is 1.40. The fraction of sp³-hybridized carbons (Fsp3) is 0.400. The van der Waals surface area contributed by atoms with Crippen molar-refractivity contribution in [2.75, 3.05) is 41.3 Å². The van der Waals surface area contributed by atoms with Crippen LogP contribution < -0.4 is 20.4 Å². The molecule has 0 saturated carbocycles. The van der Waals surface area contributed by atoms with Gasteiger partial charge in [-0.05, 0) is 38.0 Å². The van der Waals surface area contributed by atoms with Crippen LogP contribution in [0, 0.1) is 6.92 Å². The van der Waals surface area contributed by atoms with E-state index in [1.165, 1.54) is 12.0 Å². The number of fused-ring (bicyclic) bond motifs is 2. The third-order valence-electron chi connectivity index (χ3n) is 5.67. The summed E-state index contributed by atoms with van der Waals surface area (Å²) in [5, 5.41) is 10.6. The predicted octanol–water partition coefficient (Wildman–Crippen LogP) is 1.83. The average molecular weight is 392 g/mol. The Morgan fingerprint density at radius 2 is 2.21 bits per heavy atom. The minimum atomic E-state index is -0.176. The van der Waals surface area contributed by atoms with Crippen LogP contribution in [-0.2, 0) is 6.42 Å². The zero-order valence-corrected chi connectivity index (χ0v) is 16.6. The van der Waals surface area contributed by atoms with E-state index < -0.39 is 0 Å². The Labute approximate surface area is 168 Å². The summed E-state index contributed by atoms with van der Waals surface area (Å²) in [5.74, 6) is 0.755. The average Bonchev–Trinajstić information content (AvgIpc) is 3.34. The van der Waals surface area contributed by atoms with Crippen LogP contribution in [0.3, 0.4) is 0 Å². The van der Waals surface area contributed by atoms with Gasteiger partial charge >= 0.3 is 6.03 Å². The summed E-state index contributed by atoms with van der Waals surface area (Å²) < 4.78 is 1.66. The van der Waals surface area contributed by atoms with Crippen molar-refractivity contribution in [2.45, 2.75) is 26.3 Å². The fourth-order valence-electron chi connectivity index (χ4n) is 4.19. The van der Waals surface area contributed by atoms with Crippen LogP contribution in [0.5, 0.6) is 0 Å². The highest BCUT2D eigenvalue weighted by Gasteiger charge is 2.30. The van der Waals surface area contributed by atoms with Gasteiger partial charge in [-0.2, -0.15) is 5.10 Å². The number of amides is 2. The van der Waals surface area contributed by atoms with Crippen molar-refractivity contribution in [1.82, 2.24) is 24.9 Å². The molecule has 1 atom stereocenters. The van der Waals surface area contributed by atoms with Crippen LogP contribution in [0.15, 0.2) is 30.9 Å². The molecule has 3 aromatic heterocycles. The first-order valence-electron chi connectivity index (χ1n) is 9.95. The number of nitrogens with one attached hydrogen (secondary N) is 2. The monoisotopic (exact) mass is 392 g/mol. The van der Waals surface area contributed by atoms with Crippen LogP contribution >= 0.6 is 0 Å². The lowest BCUT2D eigenvalue weighted by Crippen LogP contribution is -2.49. The zero-order chi connectivity index (χ0) is 20.0. The van der Waals surface area contributed by atoms with Crippen molar-refractivity contribution in [3.8, 4) is 0 Å². The quantitative estimate of drug-likeness (QED) is 0.691. The van der Waals surface area contributed by atoms with Crippen molar-refractivity contribution in [2.24, 2.45) is 0 Å². The van der Waals surface area contributed by atoms with Crippen molar-refractivity contribution in [3.05, 3.63) is 42.0 Å².